The number of oxime groups is 1. The van der Waals surface area contributed by atoms with Gasteiger partial charge in [-0.05, 0) is 23.6 Å². The molecule has 10 heteroatoms. The number of rotatable bonds is 3. The fourth-order valence-corrected chi connectivity index (χ4v) is 4.05. The fraction of sp³-hybridized carbons (Fsp3) is 0.350. The highest BCUT2D eigenvalue weighted by Gasteiger charge is 2.44. The van der Waals surface area contributed by atoms with Crippen molar-refractivity contribution in [1.29, 1.82) is 0 Å². The molecule has 0 unspecified atom stereocenters. The number of amides is 1. The first kappa shape index (κ1) is 22.2. The molecule has 0 radical (unpaired) electrons. The lowest BCUT2D eigenvalue weighted by Crippen LogP contribution is -2.47. The minimum atomic E-state index is -1.10. The predicted molar refractivity (Wildman–Crippen MR) is 112 cm³/mol. The highest BCUT2D eigenvalue weighted by Crippen LogP contribution is 2.35. The normalized spacial score (nSPS) is 17.0. The van der Waals surface area contributed by atoms with E-state index in [0.717, 1.165) is 0 Å². The number of likely N-dealkylation sites (tertiary alicyclic amines) is 1. The van der Waals surface area contributed by atoms with Gasteiger partial charge in [-0.1, -0.05) is 28.9 Å². The van der Waals surface area contributed by atoms with Gasteiger partial charge in [-0.15, -0.1) is 11.3 Å². The molecule has 3 N–H and O–H groups in total. The van der Waals surface area contributed by atoms with Crippen molar-refractivity contribution in [2.24, 2.45) is 10.9 Å². The summed E-state index contributed by atoms with van der Waals surface area (Å²) in [6, 6.07) is 8.34. The lowest BCUT2D eigenvalue weighted by Gasteiger charge is -2.37. The average Bonchev–Trinajstić information content (AvgIpc) is 3.41. The molecule has 0 bridgehead atoms. The monoisotopic (exact) mass is 453 g/mol. The third kappa shape index (κ3) is 4.97. The number of carbonyl (C=O) groups is 2. The van der Waals surface area contributed by atoms with E-state index in [2.05, 4.69) is 5.16 Å². The number of hydrogen-bond acceptors (Lipinski definition) is 6. The predicted octanol–water partition coefficient (Wildman–Crippen LogP) is 3.52. The SMILES string of the molecule is NCc1cccs1.O=C(O)C1=NOC2(CCN(C(=O)c3cccc(Cl)c3F)CC2)C1. The number of benzene rings is 1. The summed E-state index contributed by atoms with van der Waals surface area (Å²) >= 11 is 7.40. The van der Waals surface area contributed by atoms with E-state index >= 15 is 0 Å². The molecule has 30 heavy (non-hydrogen) atoms. The molecule has 1 fully saturated rings. The molecule has 0 saturated carbocycles. The first-order valence-corrected chi connectivity index (χ1v) is 10.5. The second kappa shape index (κ2) is 9.55. The number of nitrogens with two attached hydrogens (primary N) is 1. The fourth-order valence-electron chi connectivity index (χ4n) is 3.29. The van der Waals surface area contributed by atoms with Gasteiger partial charge in [-0.25, -0.2) is 9.18 Å². The second-order valence-corrected chi connectivity index (χ2v) is 8.41. The largest absolute Gasteiger partial charge is 0.477 e. The van der Waals surface area contributed by atoms with Crippen LogP contribution >= 0.6 is 22.9 Å². The number of carboxylic acids is 1. The van der Waals surface area contributed by atoms with Crippen molar-refractivity contribution in [3.63, 3.8) is 0 Å². The van der Waals surface area contributed by atoms with E-state index in [4.69, 9.17) is 27.3 Å². The first-order chi connectivity index (χ1) is 14.3. The number of carboxylic acid groups (broad SMARTS) is 1. The third-order valence-electron chi connectivity index (χ3n) is 5.01. The molecule has 160 valence electrons. The van der Waals surface area contributed by atoms with Crippen LogP contribution < -0.4 is 5.73 Å². The molecular formula is C20H21ClFN3O4S. The van der Waals surface area contributed by atoms with E-state index in [1.54, 1.807) is 11.3 Å². The molecular weight excluding hydrogens is 433 g/mol. The summed E-state index contributed by atoms with van der Waals surface area (Å²) in [6.07, 6.45) is 1.11. The molecule has 1 aromatic carbocycles. The topological polar surface area (TPSA) is 105 Å². The van der Waals surface area contributed by atoms with Crippen molar-refractivity contribution in [2.45, 2.75) is 31.4 Å². The van der Waals surface area contributed by atoms with Crippen molar-refractivity contribution in [1.82, 2.24) is 4.90 Å². The Hall–Kier alpha value is -2.49. The zero-order valence-electron chi connectivity index (χ0n) is 16.0. The van der Waals surface area contributed by atoms with Crippen LogP contribution in [-0.2, 0) is 16.2 Å². The van der Waals surface area contributed by atoms with Crippen molar-refractivity contribution in [2.75, 3.05) is 13.1 Å². The molecule has 2 aromatic rings. The Morgan fingerprint density at radius 1 is 1.30 bits per heavy atom. The summed E-state index contributed by atoms with van der Waals surface area (Å²) in [4.78, 5) is 31.4. The maximum absolute atomic E-state index is 14.0. The highest BCUT2D eigenvalue weighted by atomic mass is 35.5. The Morgan fingerprint density at radius 3 is 2.57 bits per heavy atom. The van der Waals surface area contributed by atoms with Gasteiger partial charge in [-0.2, -0.15) is 0 Å². The quantitative estimate of drug-likeness (QED) is 0.739. The summed E-state index contributed by atoms with van der Waals surface area (Å²) in [7, 11) is 0. The highest BCUT2D eigenvalue weighted by molar-refractivity contribution is 7.09. The lowest BCUT2D eigenvalue weighted by atomic mass is 9.86. The summed E-state index contributed by atoms with van der Waals surface area (Å²) in [6.45, 7) is 1.36. The smallest absolute Gasteiger partial charge is 0.353 e. The van der Waals surface area contributed by atoms with Gasteiger partial charge in [0.05, 0.1) is 10.6 Å². The van der Waals surface area contributed by atoms with Crippen molar-refractivity contribution >= 4 is 40.5 Å². The first-order valence-electron chi connectivity index (χ1n) is 9.29. The molecule has 3 heterocycles. The van der Waals surface area contributed by atoms with Crippen molar-refractivity contribution < 1.29 is 23.9 Å². The molecule has 7 nitrogen and oxygen atoms in total. The summed E-state index contributed by atoms with van der Waals surface area (Å²) in [5.41, 5.74) is 4.56. The van der Waals surface area contributed by atoms with Crippen molar-refractivity contribution in [3.8, 4) is 0 Å². The number of halogens is 2. The lowest BCUT2D eigenvalue weighted by molar-refractivity contribution is -0.129. The van der Waals surface area contributed by atoms with Crippen LogP contribution in [0.3, 0.4) is 0 Å². The Bertz CT molecular complexity index is 944. The van der Waals surface area contributed by atoms with Crippen LogP contribution in [-0.4, -0.2) is 46.3 Å². The van der Waals surface area contributed by atoms with Gasteiger partial charge < -0.3 is 20.6 Å². The van der Waals surface area contributed by atoms with Gasteiger partial charge in [0, 0.05) is 43.8 Å². The van der Waals surface area contributed by atoms with Gasteiger partial charge in [0.25, 0.3) is 5.91 Å². The molecule has 1 aromatic heterocycles. The zero-order chi connectivity index (χ0) is 21.7. The van der Waals surface area contributed by atoms with Crippen LogP contribution in [0, 0.1) is 5.82 Å². The van der Waals surface area contributed by atoms with Gasteiger partial charge in [0.15, 0.2) is 11.5 Å². The Kier molecular flexibility index (Phi) is 7.06. The number of thiophene rings is 1. The van der Waals surface area contributed by atoms with Crippen molar-refractivity contribution in [3.05, 3.63) is 57.0 Å². The maximum atomic E-state index is 14.0. The number of hydrogen-bond donors (Lipinski definition) is 2. The summed E-state index contributed by atoms with van der Waals surface area (Å²) in [5.74, 6) is -2.26. The van der Waals surface area contributed by atoms with E-state index < -0.39 is 23.3 Å². The summed E-state index contributed by atoms with van der Waals surface area (Å²) < 4.78 is 14.0. The number of aliphatic carboxylic acids is 1. The molecule has 1 amide bonds. The van der Waals surface area contributed by atoms with Gasteiger partial charge in [-0.3, -0.25) is 4.79 Å². The molecule has 4 rings (SSSR count). The van der Waals surface area contributed by atoms with Crippen LogP contribution in [0.25, 0.3) is 0 Å². The molecule has 2 aliphatic rings. The number of piperidine rings is 1. The van der Waals surface area contributed by atoms with E-state index in [1.165, 1.54) is 28.0 Å². The number of carbonyl (C=O) groups excluding carboxylic acids is 1. The average molecular weight is 454 g/mol. The minimum absolute atomic E-state index is 0.00865. The summed E-state index contributed by atoms with van der Waals surface area (Å²) in [5, 5.41) is 14.5. The maximum Gasteiger partial charge on any atom is 0.353 e. The Morgan fingerprint density at radius 2 is 2.03 bits per heavy atom. The number of nitrogens with zero attached hydrogens (tertiary/aromatic N) is 2. The Labute approximate surface area is 181 Å². The van der Waals surface area contributed by atoms with Gasteiger partial charge >= 0.3 is 5.97 Å². The van der Waals surface area contributed by atoms with Crippen LogP contribution in [0.2, 0.25) is 5.02 Å². The van der Waals surface area contributed by atoms with Crippen LogP contribution in [0.15, 0.2) is 40.9 Å². The molecule has 0 atom stereocenters. The van der Waals surface area contributed by atoms with Gasteiger partial charge in [0.1, 0.15) is 5.60 Å². The Balaban J connectivity index is 0.000000310. The second-order valence-electron chi connectivity index (χ2n) is 6.97. The molecule has 2 aliphatic heterocycles. The zero-order valence-corrected chi connectivity index (χ0v) is 17.6. The van der Waals surface area contributed by atoms with E-state index in [9.17, 15) is 14.0 Å². The minimum Gasteiger partial charge on any atom is -0.477 e. The van der Waals surface area contributed by atoms with Crippen LogP contribution in [0.5, 0.6) is 0 Å². The third-order valence-corrected chi connectivity index (χ3v) is 6.20. The van der Waals surface area contributed by atoms with E-state index in [1.807, 2.05) is 17.5 Å². The standard InChI is InChI=1S/C15H14ClFN2O4.C5H7NS/c16-10-3-1-2-9(12(10)17)13(20)19-6-4-15(5-7-19)8-11(14(21)22)18-23-15;6-4-5-2-1-3-7-5/h1-3H,4-8H2,(H,21,22);1-3H,4,6H2. The molecule has 1 saturated heterocycles. The van der Waals surface area contributed by atoms with E-state index in [0.29, 0.717) is 32.5 Å². The molecule has 1 spiro atoms. The van der Waals surface area contributed by atoms with Gasteiger partial charge in [0.2, 0.25) is 0 Å². The van der Waals surface area contributed by atoms with E-state index in [-0.39, 0.29) is 22.7 Å². The van der Waals surface area contributed by atoms with Crippen LogP contribution in [0.1, 0.15) is 34.5 Å². The van der Waals surface area contributed by atoms with Crippen LogP contribution in [0.4, 0.5) is 4.39 Å². The molecule has 0 aliphatic carbocycles.